The first-order chi connectivity index (χ1) is 9.60. The summed E-state index contributed by atoms with van der Waals surface area (Å²) in [4.78, 5) is 11.8. The van der Waals surface area contributed by atoms with Gasteiger partial charge in [-0.3, -0.25) is 4.79 Å². The molecule has 4 nitrogen and oxygen atoms in total. The summed E-state index contributed by atoms with van der Waals surface area (Å²) >= 11 is 0. The minimum Gasteiger partial charge on any atom is -0.497 e. The third-order valence-corrected chi connectivity index (χ3v) is 3.90. The predicted molar refractivity (Wildman–Crippen MR) is 82.0 cm³/mol. The summed E-state index contributed by atoms with van der Waals surface area (Å²) in [6, 6.07) is 4.74. The first kappa shape index (κ1) is 17.7. The number of ether oxygens (including phenoxy) is 1. The average Bonchev–Trinajstić information content (AvgIpc) is 2.82. The van der Waals surface area contributed by atoms with Crippen LogP contribution in [0.2, 0.25) is 0 Å². The molecule has 0 aliphatic heterocycles. The van der Waals surface area contributed by atoms with E-state index >= 15 is 0 Å². The molecule has 118 valence electrons. The van der Waals surface area contributed by atoms with E-state index in [4.69, 9.17) is 10.5 Å². The van der Waals surface area contributed by atoms with Gasteiger partial charge in [0.05, 0.1) is 7.11 Å². The van der Waals surface area contributed by atoms with Crippen LogP contribution in [-0.4, -0.2) is 19.1 Å². The van der Waals surface area contributed by atoms with Gasteiger partial charge in [0.2, 0.25) is 5.91 Å². The Morgan fingerprint density at radius 1 is 1.48 bits per heavy atom. The smallest absolute Gasteiger partial charge is 0.220 e. The molecule has 3 N–H and O–H groups in total. The van der Waals surface area contributed by atoms with Gasteiger partial charge in [-0.15, -0.1) is 12.4 Å². The van der Waals surface area contributed by atoms with Crippen molar-refractivity contribution in [1.82, 2.24) is 5.32 Å². The maximum absolute atomic E-state index is 13.7. The first-order valence-corrected chi connectivity index (χ1v) is 6.95. The van der Waals surface area contributed by atoms with E-state index in [1.807, 2.05) is 0 Å². The molecule has 0 radical (unpaired) electrons. The highest BCUT2D eigenvalue weighted by Gasteiger charge is 2.25. The summed E-state index contributed by atoms with van der Waals surface area (Å²) in [6.45, 7) is 0.191. The molecule has 6 heteroatoms. The van der Waals surface area contributed by atoms with Crippen LogP contribution in [-0.2, 0) is 11.3 Å². The van der Waals surface area contributed by atoms with Gasteiger partial charge in [0.1, 0.15) is 11.6 Å². The van der Waals surface area contributed by atoms with E-state index in [1.165, 1.54) is 13.2 Å². The van der Waals surface area contributed by atoms with Gasteiger partial charge in [0.15, 0.2) is 0 Å². The number of nitrogens with two attached hydrogens (primary N) is 1. The molecule has 0 saturated heterocycles. The molecule has 0 aromatic heterocycles. The molecule has 1 aliphatic carbocycles. The van der Waals surface area contributed by atoms with Crippen molar-refractivity contribution >= 4 is 18.3 Å². The Morgan fingerprint density at radius 3 is 2.81 bits per heavy atom. The van der Waals surface area contributed by atoms with Crippen LogP contribution < -0.4 is 15.8 Å². The number of carbonyl (C=O) groups is 1. The van der Waals surface area contributed by atoms with Crippen LogP contribution in [0.1, 0.15) is 31.2 Å². The summed E-state index contributed by atoms with van der Waals surface area (Å²) in [7, 11) is 1.49. The molecule has 1 aromatic carbocycles. The Balaban J connectivity index is 0.00000220. The minimum atomic E-state index is -0.373. The Morgan fingerprint density at radius 2 is 2.24 bits per heavy atom. The van der Waals surface area contributed by atoms with Crippen LogP contribution in [0.15, 0.2) is 18.2 Å². The fraction of sp³-hybridized carbons (Fsp3) is 0.533. The number of carbonyl (C=O) groups excluding carboxylic acids is 1. The Bertz CT molecular complexity index is 485. The van der Waals surface area contributed by atoms with E-state index in [-0.39, 0.29) is 42.6 Å². The molecule has 0 spiro atoms. The van der Waals surface area contributed by atoms with Gasteiger partial charge in [-0.05, 0) is 24.8 Å². The maximum atomic E-state index is 13.7. The van der Waals surface area contributed by atoms with Crippen molar-refractivity contribution in [3.05, 3.63) is 29.6 Å². The van der Waals surface area contributed by atoms with Gasteiger partial charge in [0, 0.05) is 30.6 Å². The van der Waals surface area contributed by atoms with Gasteiger partial charge >= 0.3 is 0 Å². The van der Waals surface area contributed by atoms with Gasteiger partial charge < -0.3 is 15.8 Å². The van der Waals surface area contributed by atoms with Crippen LogP contribution in [0.3, 0.4) is 0 Å². The number of benzene rings is 1. The summed E-state index contributed by atoms with van der Waals surface area (Å²) in [5, 5.41) is 2.75. The average molecular weight is 317 g/mol. The van der Waals surface area contributed by atoms with Crippen molar-refractivity contribution in [2.45, 2.75) is 38.3 Å². The van der Waals surface area contributed by atoms with E-state index in [0.717, 1.165) is 19.3 Å². The summed E-state index contributed by atoms with van der Waals surface area (Å²) in [5.74, 6) is 0.287. The lowest BCUT2D eigenvalue weighted by atomic mass is 10.00. The lowest BCUT2D eigenvalue weighted by molar-refractivity contribution is -0.122. The Kier molecular flexibility index (Phi) is 6.92. The van der Waals surface area contributed by atoms with E-state index in [0.29, 0.717) is 17.7 Å². The fourth-order valence-corrected chi connectivity index (χ4v) is 2.62. The topological polar surface area (TPSA) is 64.3 Å². The zero-order chi connectivity index (χ0) is 14.5. The van der Waals surface area contributed by atoms with Crippen LogP contribution >= 0.6 is 12.4 Å². The SMILES string of the molecule is COc1ccc(CNC(=O)C[C@@H]2CCC[C@H]2N)c(F)c1.Cl. The van der Waals surface area contributed by atoms with E-state index in [9.17, 15) is 9.18 Å². The fourth-order valence-electron chi connectivity index (χ4n) is 2.62. The van der Waals surface area contributed by atoms with Crippen LogP contribution in [0.5, 0.6) is 5.75 Å². The second kappa shape index (κ2) is 8.20. The quantitative estimate of drug-likeness (QED) is 0.876. The number of nitrogens with one attached hydrogen (secondary N) is 1. The molecule has 1 saturated carbocycles. The van der Waals surface area contributed by atoms with Crippen molar-refractivity contribution in [3.63, 3.8) is 0 Å². The predicted octanol–water partition coefficient (Wildman–Crippen LogP) is 2.39. The third-order valence-electron chi connectivity index (χ3n) is 3.90. The number of hydrogen-bond donors (Lipinski definition) is 2. The van der Waals surface area contributed by atoms with Crippen molar-refractivity contribution in [2.24, 2.45) is 11.7 Å². The number of methoxy groups -OCH3 is 1. The van der Waals surface area contributed by atoms with Crippen LogP contribution in [0.25, 0.3) is 0 Å². The van der Waals surface area contributed by atoms with Crippen molar-refractivity contribution in [2.75, 3.05) is 7.11 Å². The highest BCUT2D eigenvalue weighted by molar-refractivity contribution is 5.85. The zero-order valence-electron chi connectivity index (χ0n) is 12.1. The monoisotopic (exact) mass is 316 g/mol. The van der Waals surface area contributed by atoms with E-state index < -0.39 is 0 Å². The number of rotatable bonds is 5. The molecule has 1 aliphatic rings. The molecule has 1 aromatic rings. The molecular formula is C15H22ClFN2O2. The molecule has 2 rings (SSSR count). The van der Waals surface area contributed by atoms with Crippen molar-refractivity contribution in [1.29, 1.82) is 0 Å². The molecule has 0 unspecified atom stereocenters. The molecule has 1 fully saturated rings. The lowest BCUT2D eigenvalue weighted by Gasteiger charge is -2.15. The van der Waals surface area contributed by atoms with Crippen molar-refractivity contribution < 1.29 is 13.9 Å². The Hall–Kier alpha value is -1.33. The number of amides is 1. The Labute approximate surface area is 130 Å². The van der Waals surface area contributed by atoms with Gasteiger partial charge in [-0.1, -0.05) is 12.5 Å². The summed E-state index contributed by atoms with van der Waals surface area (Å²) in [6.07, 6.45) is 3.52. The zero-order valence-corrected chi connectivity index (χ0v) is 12.9. The van der Waals surface area contributed by atoms with Gasteiger partial charge in [0.25, 0.3) is 0 Å². The molecule has 21 heavy (non-hydrogen) atoms. The molecule has 0 bridgehead atoms. The molecule has 1 amide bonds. The second-order valence-corrected chi connectivity index (χ2v) is 5.29. The van der Waals surface area contributed by atoms with Crippen LogP contribution in [0, 0.1) is 11.7 Å². The summed E-state index contributed by atoms with van der Waals surface area (Å²) < 4.78 is 18.6. The molecule has 0 heterocycles. The third kappa shape index (κ3) is 4.86. The van der Waals surface area contributed by atoms with Crippen molar-refractivity contribution in [3.8, 4) is 5.75 Å². The normalized spacial score (nSPS) is 20.7. The first-order valence-electron chi connectivity index (χ1n) is 6.95. The molecular weight excluding hydrogens is 295 g/mol. The maximum Gasteiger partial charge on any atom is 0.220 e. The van der Waals surface area contributed by atoms with Gasteiger partial charge in [-0.2, -0.15) is 0 Å². The van der Waals surface area contributed by atoms with E-state index in [2.05, 4.69) is 5.32 Å². The largest absolute Gasteiger partial charge is 0.497 e. The highest BCUT2D eigenvalue weighted by Crippen LogP contribution is 2.26. The van der Waals surface area contributed by atoms with Gasteiger partial charge in [-0.25, -0.2) is 4.39 Å². The standard InChI is InChI=1S/C15H21FN2O2.ClH/c1-20-12-6-5-11(13(16)8-12)9-18-15(19)7-10-3-2-4-14(10)17;/h5-6,8,10,14H,2-4,7,9,17H2,1H3,(H,18,19);1H/t10-,14+;/m0./s1. The summed E-state index contributed by atoms with van der Waals surface area (Å²) in [5.41, 5.74) is 6.39. The number of halogens is 2. The number of hydrogen-bond acceptors (Lipinski definition) is 3. The molecule has 2 atom stereocenters. The second-order valence-electron chi connectivity index (χ2n) is 5.29. The minimum absolute atomic E-state index is 0. The highest BCUT2D eigenvalue weighted by atomic mass is 35.5. The lowest BCUT2D eigenvalue weighted by Crippen LogP contribution is -2.31. The van der Waals surface area contributed by atoms with E-state index in [1.54, 1.807) is 12.1 Å². The van der Waals surface area contributed by atoms with Crippen LogP contribution in [0.4, 0.5) is 4.39 Å².